The van der Waals surface area contributed by atoms with Crippen LogP contribution in [0.1, 0.15) is 29.8 Å². The zero-order valence-corrected chi connectivity index (χ0v) is 12.0. The van der Waals surface area contributed by atoms with Crippen molar-refractivity contribution in [2.45, 2.75) is 32.5 Å². The van der Waals surface area contributed by atoms with E-state index in [0.717, 1.165) is 36.5 Å². The van der Waals surface area contributed by atoms with Crippen LogP contribution in [0.4, 0.5) is 5.69 Å². The summed E-state index contributed by atoms with van der Waals surface area (Å²) in [5, 5.41) is 9.40. The molecule has 0 unspecified atom stereocenters. The molecule has 0 saturated carbocycles. The van der Waals surface area contributed by atoms with Crippen LogP contribution >= 0.6 is 0 Å². The molecule has 3 rings (SSSR count). The number of nitriles is 1. The highest BCUT2D eigenvalue weighted by molar-refractivity contribution is 5.62. The van der Waals surface area contributed by atoms with Crippen LogP contribution in [0, 0.1) is 25.2 Å². The summed E-state index contributed by atoms with van der Waals surface area (Å²) in [4.78, 5) is 6.58. The van der Waals surface area contributed by atoms with Crippen molar-refractivity contribution in [1.29, 1.82) is 5.26 Å². The molecule has 0 aromatic carbocycles. The van der Waals surface area contributed by atoms with Gasteiger partial charge in [0, 0.05) is 18.7 Å². The van der Waals surface area contributed by atoms with E-state index in [1.807, 2.05) is 19.9 Å². The third-order valence-electron chi connectivity index (χ3n) is 3.99. The molecule has 20 heavy (non-hydrogen) atoms. The lowest BCUT2D eigenvalue weighted by molar-refractivity contribution is -0.161. The normalized spacial score (nSPS) is 21.1. The molecule has 1 aromatic rings. The molecule has 5 heteroatoms. The lowest BCUT2D eigenvalue weighted by Crippen LogP contribution is -2.49. The quantitative estimate of drug-likeness (QED) is 0.782. The lowest BCUT2D eigenvalue weighted by Gasteiger charge is -2.40. The Morgan fingerprint density at radius 3 is 2.80 bits per heavy atom. The summed E-state index contributed by atoms with van der Waals surface area (Å²) in [6.45, 7) is 6.77. The largest absolute Gasteiger partial charge is 0.365 e. The van der Waals surface area contributed by atoms with E-state index in [1.165, 1.54) is 0 Å². The van der Waals surface area contributed by atoms with Gasteiger partial charge in [-0.15, -0.1) is 0 Å². The summed E-state index contributed by atoms with van der Waals surface area (Å²) < 4.78 is 11.6. The van der Waals surface area contributed by atoms with Crippen LogP contribution < -0.4 is 4.90 Å². The molecule has 0 amide bonds. The summed E-state index contributed by atoms with van der Waals surface area (Å²) in [6, 6.07) is 4.27. The SMILES string of the molecule is Cc1cc(N2CCCC3(C2)OCCO3)c(C#N)c(C)n1. The van der Waals surface area contributed by atoms with E-state index in [0.29, 0.717) is 25.3 Å². The fraction of sp³-hybridized carbons (Fsp3) is 0.600. The molecule has 3 heterocycles. The fourth-order valence-corrected chi connectivity index (χ4v) is 3.12. The van der Waals surface area contributed by atoms with Gasteiger partial charge in [0.25, 0.3) is 0 Å². The molecular formula is C15H19N3O2. The lowest BCUT2D eigenvalue weighted by atomic mass is 10.0. The third-order valence-corrected chi connectivity index (χ3v) is 3.99. The first-order valence-electron chi connectivity index (χ1n) is 7.05. The van der Waals surface area contributed by atoms with Crippen LogP contribution in [0.5, 0.6) is 0 Å². The van der Waals surface area contributed by atoms with Gasteiger partial charge in [0.05, 0.1) is 36.7 Å². The van der Waals surface area contributed by atoms with Crippen molar-refractivity contribution in [3.63, 3.8) is 0 Å². The second-order valence-corrected chi connectivity index (χ2v) is 5.49. The Hall–Kier alpha value is -1.64. The minimum Gasteiger partial charge on any atom is -0.365 e. The predicted molar refractivity (Wildman–Crippen MR) is 74.5 cm³/mol. The van der Waals surface area contributed by atoms with Crippen molar-refractivity contribution in [1.82, 2.24) is 4.98 Å². The van der Waals surface area contributed by atoms with Crippen LogP contribution in [0.15, 0.2) is 6.07 Å². The van der Waals surface area contributed by atoms with Crippen molar-refractivity contribution in [3.05, 3.63) is 23.0 Å². The van der Waals surface area contributed by atoms with Crippen LogP contribution in [0.3, 0.4) is 0 Å². The van der Waals surface area contributed by atoms with Crippen LogP contribution in [0.2, 0.25) is 0 Å². The molecular weight excluding hydrogens is 254 g/mol. The van der Waals surface area contributed by atoms with Gasteiger partial charge in [0.2, 0.25) is 0 Å². The van der Waals surface area contributed by atoms with Crippen molar-refractivity contribution in [2.24, 2.45) is 0 Å². The minimum atomic E-state index is -0.476. The van der Waals surface area contributed by atoms with Crippen LogP contribution in [-0.2, 0) is 9.47 Å². The third kappa shape index (κ3) is 2.26. The van der Waals surface area contributed by atoms with Crippen molar-refractivity contribution in [2.75, 3.05) is 31.2 Å². The van der Waals surface area contributed by atoms with E-state index >= 15 is 0 Å². The number of hydrogen-bond donors (Lipinski definition) is 0. The Morgan fingerprint density at radius 2 is 2.10 bits per heavy atom. The highest BCUT2D eigenvalue weighted by Crippen LogP contribution is 2.34. The van der Waals surface area contributed by atoms with Crippen molar-refractivity contribution < 1.29 is 9.47 Å². The maximum absolute atomic E-state index is 9.40. The van der Waals surface area contributed by atoms with Crippen LogP contribution in [-0.4, -0.2) is 37.1 Å². The number of ether oxygens (including phenoxy) is 2. The smallest absolute Gasteiger partial charge is 0.186 e. The second-order valence-electron chi connectivity index (χ2n) is 5.49. The number of anilines is 1. The van der Waals surface area contributed by atoms with E-state index < -0.39 is 5.79 Å². The molecule has 0 radical (unpaired) electrons. The Kier molecular flexibility index (Phi) is 3.36. The molecule has 2 aliphatic heterocycles. The van der Waals surface area contributed by atoms with E-state index in [2.05, 4.69) is 16.0 Å². The molecule has 2 fully saturated rings. The van der Waals surface area contributed by atoms with E-state index in [1.54, 1.807) is 0 Å². The first-order chi connectivity index (χ1) is 9.63. The zero-order valence-electron chi connectivity index (χ0n) is 12.0. The molecule has 0 N–H and O–H groups in total. The Balaban J connectivity index is 1.94. The molecule has 1 aromatic heterocycles. The average Bonchev–Trinajstić information content (AvgIpc) is 2.86. The molecule has 2 aliphatic rings. The molecule has 1 spiro atoms. The molecule has 0 bridgehead atoms. The van der Waals surface area contributed by atoms with E-state index in [-0.39, 0.29) is 0 Å². The summed E-state index contributed by atoms with van der Waals surface area (Å²) in [5.74, 6) is -0.476. The first-order valence-corrected chi connectivity index (χ1v) is 7.05. The maximum Gasteiger partial charge on any atom is 0.186 e. The molecule has 5 nitrogen and oxygen atoms in total. The van der Waals surface area contributed by atoms with Gasteiger partial charge < -0.3 is 14.4 Å². The second kappa shape index (κ2) is 5.04. The Morgan fingerprint density at radius 1 is 1.35 bits per heavy atom. The highest BCUT2D eigenvalue weighted by Gasteiger charge is 2.41. The standard InChI is InChI=1S/C15H19N3O2/c1-11-8-14(13(9-16)12(2)17-11)18-5-3-4-15(10-18)19-6-7-20-15/h8H,3-7,10H2,1-2H3. The summed E-state index contributed by atoms with van der Waals surface area (Å²) in [6.07, 6.45) is 1.93. The first kappa shape index (κ1) is 13.3. The number of piperidine rings is 1. The predicted octanol–water partition coefficient (Wildman–Crippen LogP) is 1.91. The van der Waals surface area contributed by atoms with Gasteiger partial charge in [0.1, 0.15) is 6.07 Å². The molecule has 0 atom stereocenters. The fourth-order valence-electron chi connectivity index (χ4n) is 3.12. The average molecular weight is 273 g/mol. The topological polar surface area (TPSA) is 58.4 Å². The number of pyridine rings is 1. The highest BCUT2D eigenvalue weighted by atomic mass is 16.7. The van der Waals surface area contributed by atoms with Crippen LogP contribution in [0.25, 0.3) is 0 Å². The number of nitrogens with zero attached hydrogens (tertiary/aromatic N) is 3. The number of aromatic nitrogens is 1. The number of aryl methyl sites for hydroxylation is 2. The van der Waals surface area contributed by atoms with Gasteiger partial charge in [-0.3, -0.25) is 4.98 Å². The molecule has 106 valence electrons. The maximum atomic E-state index is 9.40. The summed E-state index contributed by atoms with van der Waals surface area (Å²) >= 11 is 0. The Bertz CT molecular complexity index is 559. The van der Waals surface area contributed by atoms with Gasteiger partial charge in [-0.1, -0.05) is 0 Å². The van der Waals surface area contributed by atoms with E-state index in [9.17, 15) is 5.26 Å². The monoisotopic (exact) mass is 273 g/mol. The van der Waals surface area contributed by atoms with Gasteiger partial charge in [0.15, 0.2) is 5.79 Å². The van der Waals surface area contributed by atoms with Crippen molar-refractivity contribution in [3.8, 4) is 6.07 Å². The van der Waals surface area contributed by atoms with Gasteiger partial charge in [-0.25, -0.2) is 0 Å². The van der Waals surface area contributed by atoms with Gasteiger partial charge in [-0.05, 0) is 26.3 Å². The molecule has 2 saturated heterocycles. The van der Waals surface area contributed by atoms with Gasteiger partial charge >= 0.3 is 0 Å². The number of hydrogen-bond acceptors (Lipinski definition) is 5. The zero-order chi connectivity index (χ0) is 14.2. The summed E-state index contributed by atoms with van der Waals surface area (Å²) in [5.41, 5.74) is 3.33. The van der Waals surface area contributed by atoms with E-state index in [4.69, 9.17) is 9.47 Å². The van der Waals surface area contributed by atoms with Crippen molar-refractivity contribution >= 4 is 5.69 Å². The number of rotatable bonds is 1. The molecule has 0 aliphatic carbocycles. The summed E-state index contributed by atoms with van der Waals surface area (Å²) in [7, 11) is 0. The minimum absolute atomic E-state index is 0.476. The Labute approximate surface area is 119 Å². The van der Waals surface area contributed by atoms with Gasteiger partial charge in [-0.2, -0.15) is 5.26 Å².